The van der Waals surface area contributed by atoms with Crippen LogP contribution in [0.3, 0.4) is 0 Å². The molecule has 0 aliphatic carbocycles. The minimum Gasteiger partial charge on any atom is -0.444 e. The maximum atomic E-state index is 11.3. The van der Waals surface area contributed by atoms with Crippen molar-refractivity contribution in [3.05, 3.63) is 0 Å². The number of piperidine rings is 1. The van der Waals surface area contributed by atoms with Crippen LogP contribution in [0.15, 0.2) is 0 Å². The fourth-order valence-electron chi connectivity index (χ4n) is 1.50. The van der Waals surface area contributed by atoms with E-state index < -0.39 is 11.7 Å². The lowest BCUT2D eigenvalue weighted by molar-refractivity contribution is -0.122. The highest BCUT2D eigenvalue weighted by Crippen LogP contribution is 2.10. The highest BCUT2D eigenvalue weighted by Gasteiger charge is 2.20. The number of carbonyl (C=O) groups excluding carboxylic acids is 2. The lowest BCUT2D eigenvalue weighted by Crippen LogP contribution is -2.42. The van der Waals surface area contributed by atoms with Gasteiger partial charge in [-0.1, -0.05) is 0 Å². The van der Waals surface area contributed by atoms with Gasteiger partial charge in [0.15, 0.2) is 0 Å². The summed E-state index contributed by atoms with van der Waals surface area (Å²) in [6.45, 7) is 6.66. The van der Waals surface area contributed by atoms with Crippen molar-refractivity contribution in [2.24, 2.45) is 5.92 Å². The summed E-state index contributed by atoms with van der Waals surface area (Å²) in [5.74, 6) is 0.402. The first kappa shape index (κ1) is 12.8. The maximum Gasteiger partial charge on any atom is 0.407 e. The van der Waals surface area contributed by atoms with E-state index in [1.807, 2.05) is 20.8 Å². The number of hydrogen-bond acceptors (Lipinski definition) is 3. The zero-order valence-corrected chi connectivity index (χ0v) is 10.1. The zero-order chi connectivity index (χ0) is 12.2. The monoisotopic (exact) mass is 228 g/mol. The number of carbonyl (C=O) groups is 2. The van der Waals surface area contributed by atoms with E-state index in [0.717, 1.165) is 6.42 Å². The minimum atomic E-state index is -0.467. The van der Waals surface area contributed by atoms with E-state index >= 15 is 0 Å². The average Bonchev–Trinajstić information content (AvgIpc) is 2.14. The van der Waals surface area contributed by atoms with Crippen LogP contribution in [0.5, 0.6) is 0 Å². The second-order valence-corrected chi connectivity index (χ2v) is 5.09. The third-order valence-electron chi connectivity index (χ3n) is 2.30. The van der Waals surface area contributed by atoms with Gasteiger partial charge in [0.25, 0.3) is 0 Å². The Kier molecular flexibility index (Phi) is 4.15. The molecule has 1 aliphatic heterocycles. The van der Waals surface area contributed by atoms with Crippen molar-refractivity contribution in [1.82, 2.24) is 10.6 Å². The van der Waals surface area contributed by atoms with Crippen molar-refractivity contribution in [3.63, 3.8) is 0 Å². The molecule has 0 spiro atoms. The predicted molar refractivity (Wildman–Crippen MR) is 60.0 cm³/mol. The Bertz CT molecular complexity index is 261. The molecule has 0 radical (unpaired) electrons. The third-order valence-corrected chi connectivity index (χ3v) is 2.30. The van der Waals surface area contributed by atoms with Gasteiger partial charge >= 0.3 is 6.09 Å². The molecule has 1 rings (SSSR count). The number of ether oxygens (including phenoxy) is 1. The Balaban J connectivity index is 2.19. The number of alkyl carbamates (subject to hydrolysis) is 1. The summed E-state index contributed by atoms with van der Waals surface area (Å²) in [6.07, 6.45) is 0.965. The fraction of sp³-hybridized carbons (Fsp3) is 0.818. The topological polar surface area (TPSA) is 67.4 Å². The number of hydrogen-bond donors (Lipinski definition) is 2. The normalized spacial score (nSPS) is 21.2. The zero-order valence-electron chi connectivity index (χ0n) is 10.1. The van der Waals surface area contributed by atoms with Gasteiger partial charge in [-0.25, -0.2) is 4.79 Å². The molecule has 92 valence electrons. The number of rotatable bonds is 2. The lowest BCUT2D eigenvalue weighted by Gasteiger charge is -2.24. The summed E-state index contributed by atoms with van der Waals surface area (Å²) >= 11 is 0. The van der Waals surface area contributed by atoms with Gasteiger partial charge in [0, 0.05) is 19.5 Å². The van der Waals surface area contributed by atoms with Crippen molar-refractivity contribution in [2.45, 2.75) is 39.2 Å². The Morgan fingerprint density at radius 2 is 2.25 bits per heavy atom. The molecule has 2 N–H and O–H groups in total. The average molecular weight is 228 g/mol. The van der Waals surface area contributed by atoms with Crippen molar-refractivity contribution in [1.29, 1.82) is 0 Å². The maximum absolute atomic E-state index is 11.3. The van der Waals surface area contributed by atoms with E-state index in [4.69, 9.17) is 4.74 Å². The molecule has 1 atom stereocenters. The quantitative estimate of drug-likeness (QED) is 0.742. The molecule has 1 saturated heterocycles. The molecular formula is C11H20N2O3. The summed E-state index contributed by atoms with van der Waals surface area (Å²) < 4.78 is 5.11. The third kappa shape index (κ3) is 5.00. The van der Waals surface area contributed by atoms with Crippen LogP contribution in [0.4, 0.5) is 4.79 Å². The van der Waals surface area contributed by atoms with Gasteiger partial charge in [-0.3, -0.25) is 4.79 Å². The Hall–Kier alpha value is -1.26. The number of amides is 2. The summed E-state index contributed by atoms with van der Waals surface area (Å²) in [5.41, 5.74) is -0.467. The van der Waals surface area contributed by atoms with Crippen molar-refractivity contribution in [2.75, 3.05) is 13.1 Å². The highest BCUT2D eigenvalue weighted by molar-refractivity contribution is 5.76. The molecule has 1 fully saturated rings. The predicted octanol–water partition coefficient (Wildman–Crippen LogP) is 1.04. The molecule has 1 heterocycles. The van der Waals surface area contributed by atoms with Gasteiger partial charge in [0.2, 0.25) is 5.91 Å². The van der Waals surface area contributed by atoms with Crippen LogP contribution in [0.2, 0.25) is 0 Å². The number of nitrogens with one attached hydrogen (secondary N) is 2. The standard InChI is InChI=1S/C11H20N2O3/c1-11(2,3)16-10(15)13-7-8-4-5-9(14)12-6-8/h8H,4-7H2,1-3H3,(H,12,14)(H,13,15)/t8-/m1/s1. The van der Waals surface area contributed by atoms with Gasteiger partial charge in [-0.15, -0.1) is 0 Å². The molecule has 0 saturated carbocycles. The van der Waals surface area contributed by atoms with E-state index in [1.54, 1.807) is 0 Å². The summed E-state index contributed by atoms with van der Waals surface area (Å²) in [4.78, 5) is 22.3. The fourth-order valence-corrected chi connectivity index (χ4v) is 1.50. The van der Waals surface area contributed by atoms with Gasteiger partial charge in [0.1, 0.15) is 5.60 Å². The molecule has 0 aromatic heterocycles. The van der Waals surface area contributed by atoms with Crippen LogP contribution >= 0.6 is 0 Å². The molecule has 0 unspecified atom stereocenters. The van der Waals surface area contributed by atoms with Gasteiger partial charge in [0.05, 0.1) is 0 Å². The molecule has 1 aliphatic rings. The second kappa shape index (κ2) is 5.18. The molecule has 16 heavy (non-hydrogen) atoms. The molecule has 5 heteroatoms. The first-order valence-corrected chi connectivity index (χ1v) is 5.60. The van der Waals surface area contributed by atoms with Crippen molar-refractivity contribution < 1.29 is 14.3 Å². The van der Waals surface area contributed by atoms with E-state index in [9.17, 15) is 9.59 Å². The molecule has 5 nitrogen and oxygen atoms in total. The van der Waals surface area contributed by atoms with E-state index in [1.165, 1.54) is 0 Å². The summed E-state index contributed by atoms with van der Waals surface area (Å²) in [5, 5.41) is 5.48. The Morgan fingerprint density at radius 3 is 2.75 bits per heavy atom. The summed E-state index contributed by atoms with van der Waals surface area (Å²) in [6, 6.07) is 0. The Labute approximate surface area is 95.9 Å². The van der Waals surface area contributed by atoms with Crippen LogP contribution in [-0.2, 0) is 9.53 Å². The van der Waals surface area contributed by atoms with Crippen LogP contribution < -0.4 is 10.6 Å². The van der Waals surface area contributed by atoms with E-state index in [2.05, 4.69) is 10.6 Å². The van der Waals surface area contributed by atoms with Gasteiger partial charge < -0.3 is 15.4 Å². The largest absolute Gasteiger partial charge is 0.444 e. The Morgan fingerprint density at radius 1 is 1.56 bits per heavy atom. The van der Waals surface area contributed by atoms with Crippen molar-refractivity contribution >= 4 is 12.0 Å². The molecule has 0 bridgehead atoms. The molecule has 0 aromatic rings. The SMILES string of the molecule is CC(C)(C)OC(=O)NC[C@@H]1CCC(=O)NC1. The molecule has 2 amide bonds. The smallest absolute Gasteiger partial charge is 0.407 e. The highest BCUT2D eigenvalue weighted by atomic mass is 16.6. The molecule has 0 aromatic carbocycles. The van der Waals surface area contributed by atoms with Crippen LogP contribution in [0.25, 0.3) is 0 Å². The van der Waals surface area contributed by atoms with Gasteiger partial charge in [-0.2, -0.15) is 0 Å². The first-order valence-electron chi connectivity index (χ1n) is 5.60. The first-order chi connectivity index (χ1) is 7.37. The van der Waals surface area contributed by atoms with E-state index in [-0.39, 0.29) is 5.91 Å². The lowest BCUT2D eigenvalue weighted by atomic mass is 9.99. The summed E-state index contributed by atoms with van der Waals surface area (Å²) in [7, 11) is 0. The van der Waals surface area contributed by atoms with Crippen LogP contribution in [0, 0.1) is 5.92 Å². The molecular weight excluding hydrogens is 208 g/mol. The van der Waals surface area contributed by atoms with Crippen molar-refractivity contribution in [3.8, 4) is 0 Å². The van der Waals surface area contributed by atoms with E-state index in [0.29, 0.717) is 25.4 Å². The second-order valence-electron chi connectivity index (χ2n) is 5.09. The van der Waals surface area contributed by atoms with Gasteiger partial charge in [-0.05, 0) is 33.1 Å². The van der Waals surface area contributed by atoms with Crippen LogP contribution in [-0.4, -0.2) is 30.7 Å². The minimum absolute atomic E-state index is 0.0912. The van der Waals surface area contributed by atoms with Crippen LogP contribution in [0.1, 0.15) is 33.6 Å².